The van der Waals surface area contributed by atoms with Gasteiger partial charge in [-0.2, -0.15) is 0 Å². The molecule has 0 saturated carbocycles. The molecule has 28 heavy (non-hydrogen) atoms. The highest BCUT2D eigenvalue weighted by Gasteiger charge is 2.19. The molecule has 0 bridgehead atoms. The molecule has 3 rings (SSSR count). The van der Waals surface area contributed by atoms with Crippen LogP contribution in [0.25, 0.3) is 0 Å². The van der Waals surface area contributed by atoms with Crippen LogP contribution in [0.15, 0.2) is 59.3 Å². The zero-order valence-corrected chi connectivity index (χ0v) is 16.7. The Labute approximate surface area is 170 Å². The molecular formula is C21H18BrF2N3O. The second-order valence-corrected chi connectivity index (χ2v) is 7.15. The molecule has 0 atom stereocenters. The Bertz CT molecular complexity index is 996. The van der Waals surface area contributed by atoms with E-state index in [1.54, 1.807) is 24.5 Å². The first-order valence-electron chi connectivity index (χ1n) is 8.64. The number of hydrogen-bond donors (Lipinski definition) is 2. The topological polar surface area (TPSA) is 54.0 Å². The monoisotopic (exact) mass is 445 g/mol. The van der Waals surface area contributed by atoms with E-state index in [-0.39, 0.29) is 11.3 Å². The van der Waals surface area contributed by atoms with Crippen molar-refractivity contribution < 1.29 is 13.6 Å². The van der Waals surface area contributed by atoms with Crippen molar-refractivity contribution >= 4 is 33.2 Å². The maximum atomic E-state index is 14.5. The number of carbonyl (C=O) groups is 1. The van der Waals surface area contributed by atoms with E-state index in [4.69, 9.17) is 0 Å². The van der Waals surface area contributed by atoms with Gasteiger partial charge >= 0.3 is 0 Å². The molecule has 3 aromatic rings. The largest absolute Gasteiger partial charge is 0.352 e. The van der Waals surface area contributed by atoms with Gasteiger partial charge in [-0.05, 0) is 66.9 Å². The van der Waals surface area contributed by atoms with Crippen molar-refractivity contribution in [3.63, 3.8) is 0 Å². The average molecular weight is 446 g/mol. The van der Waals surface area contributed by atoms with Crippen molar-refractivity contribution in [2.24, 2.45) is 0 Å². The summed E-state index contributed by atoms with van der Waals surface area (Å²) in [6, 6.07) is 11.3. The lowest BCUT2D eigenvalue weighted by Gasteiger charge is -2.15. The summed E-state index contributed by atoms with van der Waals surface area (Å²) in [5.74, 6) is -2.60. The SMILES string of the molecule is Cc1cc(Br)ccc1Nc1c(C(=O)NCCc2ccncc2)ccc(F)c1F. The molecule has 2 aromatic carbocycles. The Balaban J connectivity index is 1.80. The minimum atomic E-state index is -1.09. The van der Waals surface area contributed by atoms with Gasteiger partial charge in [0.15, 0.2) is 11.6 Å². The molecule has 0 aliphatic heterocycles. The molecule has 0 unspecified atom stereocenters. The van der Waals surface area contributed by atoms with Crippen LogP contribution < -0.4 is 10.6 Å². The van der Waals surface area contributed by atoms with Gasteiger partial charge in [-0.25, -0.2) is 8.78 Å². The molecule has 144 valence electrons. The third kappa shape index (κ3) is 4.72. The van der Waals surface area contributed by atoms with Crippen LogP contribution >= 0.6 is 15.9 Å². The van der Waals surface area contributed by atoms with Gasteiger partial charge in [0.25, 0.3) is 5.91 Å². The number of halogens is 3. The molecule has 1 heterocycles. The number of anilines is 2. The summed E-state index contributed by atoms with van der Waals surface area (Å²) < 4.78 is 29.1. The second kappa shape index (κ2) is 8.93. The number of amides is 1. The van der Waals surface area contributed by atoms with Crippen LogP contribution in [0, 0.1) is 18.6 Å². The van der Waals surface area contributed by atoms with E-state index in [0.29, 0.717) is 18.7 Å². The standard InChI is InChI=1S/C21H18BrF2N3O/c1-13-12-15(22)2-5-18(13)27-20-16(3-4-17(23)19(20)24)21(28)26-11-8-14-6-9-25-10-7-14/h2-7,9-10,12,27H,8,11H2,1H3,(H,26,28). The zero-order valence-electron chi connectivity index (χ0n) is 15.1. The highest BCUT2D eigenvalue weighted by molar-refractivity contribution is 9.10. The Morgan fingerprint density at radius 3 is 2.57 bits per heavy atom. The number of aryl methyl sites for hydroxylation is 1. The molecular weight excluding hydrogens is 428 g/mol. The van der Waals surface area contributed by atoms with Crippen molar-refractivity contribution in [1.82, 2.24) is 10.3 Å². The maximum Gasteiger partial charge on any atom is 0.253 e. The molecule has 0 radical (unpaired) electrons. The van der Waals surface area contributed by atoms with Crippen LogP contribution in [0.4, 0.5) is 20.2 Å². The fraction of sp³-hybridized carbons (Fsp3) is 0.143. The predicted octanol–water partition coefficient (Wildman–Crippen LogP) is 5.15. The first kappa shape index (κ1) is 19.9. The minimum Gasteiger partial charge on any atom is -0.352 e. The van der Waals surface area contributed by atoms with Crippen LogP contribution in [0.5, 0.6) is 0 Å². The molecule has 0 fully saturated rings. The summed E-state index contributed by atoms with van der Waals surface area (Å²) in [4.78, 5) is 16.5. The first-order valence-corrected chi connectivity index (χ1v) is 9.43. The van der Waals surface area contributed by atoms with Crippen molar-refractivity contribution in [3.8, 4) is 0 Å². The molecule has 0 aliphatic rings. The number of nitrogens with zero attached hydrogens (tertiary/aromatic N) is 1. The fourth-order valence-electron chi connectivity index (χ4n) is 2.73. The predicted molar refractivity (Wildman–Crippen MR) is 109 cm³/mol. The normalized spacial score (nSPS) is 10.6. The number of aromatic nitrogens is 1. The number of hydrogen-bond acceptors (Lipinski definition) is 3. The molecule has 7 heteroatoms. The quantitative estimate of drug-likeness (QED) is 0.551. The van der Waals surface area contributed by atoms with E-state index in [0.717, 1.165) is 21.7 Å². The lowest BCUT2D eigenvalue weighted by atomic mass is 10.1. The fourth-order valence-corrected chi connectivity index (χ4v) is 3.20. The molecule has 0 aliphatic carbocycles. The van der Waals surface area contributed by atoms with Gasteiger partial charge in [0.05, 0.1) is 11.3 Å². The lowest BCUT2D eigenvalue weighted by Crippen LogP contribution is -2.26. The van der Waals surface area contributed by atoms with Gasteiger partial charge in [0.2, 0.25) is 0 Å². The summed E-state index contributed by atoms with van der Waals surface area (Å²) in [5, 5.41) is 5.61. The maximum absolute atomic E-state index is 14.5. The van der Waals surface area contributed by atoms with Gasteiger partial charge in [-0.1, -0.05) is 15.9 Å². The summed E-state index contributed by atoms with van der Waals surface area (Å²) in [5.41, 5.74) is 2.27. The molecule has 4 nitrogen and oxygen atoms in total. The number of rotatable bonds is 6. The lowest BCUT2D eigenvalue weighted by molar-refractivity contribution is 0.0954. The van der Waals surface area contributed by atoms with Crippen molar-refractivity contribution in [3.05, 3.63) is 87.7 Å². The number of pyridine rings is 1. The molecule has 0 spiro atoms. The van der Waals surface area contributed by atoms with Gasteiger partial charge in [-0.3, -0.25) is 9.78 Å². The average Bonchev–Trinajstić information content (AvgIpc) is 2.68. The Kier molecular flexibility index (Phi) is 6.36. The van der Waals surface area contributed by atoms with E-state index in [1.807, 2.05) is 25.1 Å². The zero-order chi connectivity index (χ0) is 20.1. The van der Waals surface area contributed by atoms with Crippen molar-refractivity contribution in [2.75, 3.05) is 11.9 Å². The molecule has 2 N–H and O–H groups in total. The summed E-state index contributed by atoms with van der Waals surface area (Å²) in [6.07, 6.45) is 3.96. The third-order valence-corrected chi connectivity index (χ3v) is 4.73. The van der Waals surface area contributed by atoms with Crippen molar-refractivity contribution in [2.45, 2.75) is 13.3 Å². The summed E-state index contributed by atoms with van der Waals surface area (Å²) in [7, 11) is 0. The second-order valence-electron chi connectivity index (χ2n) is 6.23. The van der Waals surface area contributed by atoms with Gasteiger partial charge < -0.3 is 10.6 Å². The summed E-state index contributed by atoms with van der Waals surface area (Å²) in [6.45, 7) is 2.19. The number of carbonyl (C=O) groups excluding carboxylic acids is 1. The first-order chi connectivity index (χ1) is 13.5. The van der Waals surface area contributed by atoms with Crippen LogP contribution in [-0.2, 0) is 6.42 Å². The van der Waals surface area contributed by atoms with E-state index in [2.05, 4.69) is 31.5 Å². The Morgan fingerprint density at radius 2 is 1.86 bits per heavy atom. The smallest absolute Gasteiger partial charge is 0.253 e. The number of nitrogens with one attached hydrogen (secondary N) is 2. The van der Waals surface area contributed by atoms with E-state index < -0.39 is 17.5 Å². The highest BCUT2D eigenvalue weighted by atomic mass is 79.9. The summed E-state index contributed by atoms with van der Waals surface area (Å²) >= 11 is 3.36. The van der Waals surface area contributed by atoms with Crippen LogP contribution in [0.1, 0.15) is 21.5 Å². The van der Waals surface area contributed by atoms with Gasteiger partial charge in [0.1, 0.15) is 0 Å². The minimum absolute atomic E-state index is 0.0379. The number of benzene rings is 2. The Morgan fingerprint density at radius 1 is 1.11 bits per heavy atom. The van der Waals surface area contributed by atoms with Crippen LogP contribution in [-0.4, -0.2) is 17.4 Å². The molecule has 0 saturated heterocycles. The van der Waals surface area contributed by atoms with Crippen LogP contribution in [0.3, 0.4) is 0 Å². The van der Waals surface area contributed by atoms with E-state index in [9.17, 15) is 13.6 Å². The molecule has 1 aromatic heterocycles. The molecule has 1 amide bonds. The van der Waals surface area contributed by atoms with E-state index in [1.165, 1.54) is 6.07 Å². The van der Waals surface area contributed by atoms with Crippen molar-refractivity contribution in [1.29, 1.82) is 0 Å². The van der Waals surface area contributed by atoms with Gasteiger partial charge in [0, 0.05) is 29.1 Å². The van der Waals surface area contributed by atoms with Crippen LogP contribution in [0.2, 0.25) is 0 Å². The third-order valence-electron chi connectivity index (χ3n) is 4.24. The van der Waals surface area contributed by atoms with Gasteiger partial charge in [-0.15, -0.1) is 0 Å². The highest BCUT2D eigenvalue weighted by Crippen LogP contribution is 2.29. The van der Waals surface area contributed by atoms with E-state index >= 15 is 0 Å². The Hall–Kier alpha value is -2.80.